The van der Waals surface area contributed by atoms with E-state index in [-0.39, 0.29) is 22.8 Å². The average Bonchev–Trinajstić information content (AvgIpc) is 4.15. The van der Waals surface area contributed by atoms with Crippen LogP contribution in [0, 0.1) is 27.7 Å². The van der Waals surface area contributed by atoms with Gasteiger partial charge in [-0.25, -0.2) is 0 Å². The van der Waals surface area contributed by atoms with Gasteiger partial charge >= 0.3 is 0 Å². The molecular weight excluding hydrogens is 897 g/mol. The summed E-state index contributed by atoms with van der Waals surface area (Å²) >= 11 is 0. The number of fused-ring (bicyclic) bond motifs is 12. The molecule has 0 aliphatic carbocycles. The minimum atomic E-state index is -0.446. The van der Waals surface area contributed by atoms with Crippen LogP contribution < -0.4 is 21.3 Å². The highest BCUT2D eigenvalue weighted by Crippen LogP contribution is 2.43. The molecule has 1 aliphatic rings. The summed E-state index contributed by atoms with van der Waals surface area (Å²) in [4.78, 5) is 73.5. The van der Waals surface area contributed by atoms with Crippen molar-refractivity contribution in [2.45, 2.75) is 27.7 Å². The summed E-state index contributed by atoms with van der Waals surface area (Å²) in [7, 11) is 0. The van der Waals surface area contributed by atoms with Gasteiger partial charge in [-0.3, -0.25) is 19.2 Å². The standard InChI is InChI=1S/C60H48N8O4/c1-33-45(37-21-9-5-10-22-37)53-57(69)61-41-29-17-18-30-42(41)63-59(71)55-47(39-25-13-7-14-26-39)35(3)51(67-55)52-36(4)48(40-27-15-8-16-28-40)56(68-52)60(72)64-44-32-20-19-31-43(44)62-58(70)54-46(38-23-11-6-12-24-38)34(2)50(66-54)49(33)65-53/h5-32,65-68H,1-4H3,(H,61,69)(H,62,70)(H,63,71)(H,64,72). The number of hydrogen-bond donors (Lipinski definition) is 8. The Kier molecular flexibility index (Phi) is 11.4. The van der Waals surface area contributed by atoms with Crippen molar-refractivity contribution in [3.8, 4) is 67.3 Å². The predicted molar refractivity (Wildman–Crippen MR) is 287 cm³/mol. The first-order chi connectivity index (χ1) is 35.0. The topological polar surface area (TPSA) is 180 Å². The van der Waals surface area contributed by atoms with Crippen LogP contribution in [0.3, 0.4) is 0 Å². The molecule has 1 aliphatic heterocycles. The molecule has 72 heavy (non-hydrogen) atoms. The van der Waals surface area contributed by atoms with Crippen molar-refractivity contribution >= 4 is 46.4 Å². The van der Waals surface area contributed by atoms with Gasteiger partial charge in [0.1, 0.15) is 22.8 Å². The van der Waals surface area contributed by atoms with Gasteiger partial charge in [0.2, 0.25) is 0 Å². The number of H-pyrrole nitrogens is 4. The molecule has 8 bridgehead atoms. The Bertz CT molecular complexity index is 3260. The third-order valence-corrected chi connectivity index (χ3v) is 13.5. The molecule has 11 rings (SSSR count). The minimum Gasteiger partial charge on any atom is -0.349 e. The van der Waals surface area contributed by atoms with E-state index in [0.717, 1.165) is 44.5 Å². The molecule has 0 radical (unpaired) electrons. The highest BCUT2D eigenvalue weighted by Gasteiger charge is 2.31. The van der Waals surface area contributed by atoms with Gasteiger partial charge in [-0.2, -0.15) is 0 Å². The van der Waals surface area contributed by atoms with Gasteiger partial charge < -0.3 is 41.2 Å². The number of anilines is 4. The number of aromatic amines is 4. The minimum absolute atomic E-state index is 0.279. The molecule has 4 amide bonds. The molecule has 352 valence electrons. The zero-order valence-corrected chi connectivity index (χ0v) is 39.8. The number of hydrogen-bond acceptors (Lipinski definition) is 4. The molecule has 12 nitrogen and oxygen atoms in total. The molecule has 0 spiro atoms. The normalized spacial score (nSPS) is 12.7. The van der Waals surface area contributed by atoms with E-state index >= 15 is 0 Å². The number of benzene rings is 6. The summed E-state index contributed by atoms with van der Waals surface area (Å²) in [6.45, 7) is 7.78. The van der Waals surface area contributed by atoms with Crippen LogP contribution in [0.2, 0.25) is 0 Å². The monoisotopic (exact) mass is 944 g/mol. The number of aromatic nitrogens is 4. The Labute approximate surface area is 415 Å². The molecule has 5 heterocycles. The van der Waals surface area contributed by atoms with Crippen LogP contribution in [0.1, 0.15) is 64.2 Å². The van der Waals surface area contributed by atoms with E-state index in [0.29, 0.717) is 67.8 Å². The van der Waals surface area contributed by atoms with Gasteiger partial charge in [0.15, 0.2) is 0 Å². The number of carbonyl (C=O) groups is 4. The van der Waals surface area contributed by atoms with Crippen molar-refractivity contribution in [1.82, 2.24) is 19.9 Å². The van der Waals surface area contributed by atoms with Gasteiger partial charge in [-0.1, -0.05) is 146 Å². The number of nitrogens with one attached hydrogen (secondary N) is 8. The SMILES string of the molecule is Cc1c2[nH]c(c1-c1ccccc1)C(=O)Nc1ccccc1NC(=O)c1[nH]c(c(C)c1-c1ccccc1)-c1[nH]c(c(-c3ccccc3)c1C)C(=O)Nc1ccccc1NC(=O)c1[nH]c-2c(C)c1-c1ccccc1. The average molecular weight is 945 g/mol. The second-order valence-corrected chi connectivity index (χ2v) is 17.9. The van der Waals surface area contributed by atoms with Crippen molar-refractivity contribution in [2.75, 3.05) is 21.3 Å². The van der Waals surface area contributed by atoms with Crippen molar-refractivity contribution in [1.29, 1.82) is 0 Å². The van der Waals surface area contributed by atoms with Crippen LogP contribution in [-0.4, -0.2) is 43.6 Å². The fraction of sp³-hybridized carbons (Fsp3) is 0.0667. The molecule has 10 aromatic rings. The molecule has 0 fully saturated rings. The maximum absolute atomic E-state index is 14.9. The molecule has 12 heteroatoms. The number of para-hydroxylation sites is 4. The van der Waals surface area contributed by atoms with Gasteiger partial charge in [-0.15, -0.1) is 0 Å². The fourth-order valence-electron chi connectivity index (χ4n) is 10.1. The molecule has 4 aromatic heterocycles. The Morgan fingerprint density at radius 1 is 0.236 bits per heavy atom. The summed E-state index contributed by atoms with van der Waals surface area (Å²) in [5.41, 5.74) is 14.0. The number of amides is 4. The zero-order valence-electron chi connectivity index (χ0n) is 39.8. The Morgan fingerprint density at radius 2 is 0.417 bits per heavy atom. The summed E-state index contributed by atoms with van der Waals surface area (Å²) in [6, 6.07) is 52.7. The van der Waals surface area contributed by atoms with Crippen LogP contribution in [0.5, 0.6) is 0 Å². The molecule has 0 saturated heterocycles. The largest absolute Gasteiger partial charge is 0.349 e. The van der Waals surface area contributed by atoms with E-state index in [1.165, 1.54) is 0 Å². The van der Waals surface area contributed by atoms with Crippen LogP contribution >= 0.6 is 0 Å². The Hall–Kier alpha value is -9.68. The van der Waals surface area contributed by atoms with E-state index in [4.69, 9.17) is 0 Å². The van der Waals surface area contributed by atoms with E-state index in [2.05, 4.69) is 41.2 Å². The van der Waals surface area contributed by atoms with Crippen molar-refractivity contribution < 1.29 is 19.2 Å². The lowest BCUT2D eigenvalue weighted by molar-refractivity contribution is 0.101. The molecule has 0 saturated carbocycles. The van der Waals surface area contributed by atoms with Gasteiger partial charge in [0, 0.05) is 22.3 Å². The van der Waals surface area contributed by atoms with E-state index < -0.39 is 23.6 Å². The third-order valence-electron chi connectivity index (χ3n) is 13.5. The van der Waals surface area contributed by atoms with Gasteiger partial charge in [-0.05, 0) is 96.5 Å². The highest BCUT2D eigenvalue weighted by atomic mass is 16.2. The number of carbonyl (C=O) groups excluding carboxylic acids is 4. The molecule has 0 unspecified atom stereocenters. The van der Waals surface area contributed by atoms with Crippen molar-refractivity contribution in [3.05, 3.63) is 215 Å². The summed E-state index contributed by atoms with van der Waals surface area (Å²) in [5.74, 6) is -1.78. The molecular formula is C60H48N8O4. The zero-order chi connectivity index (χ0) is 49.6. The maximum Gasteiger partial charge on any atom is 0.272 e. The molecule has 8 N–H and O–H groups in total. The van der Waals surface area contributed by atoms with E-state index in [1.54, 1.807) is 48.5 Å². The quantitative estimate of drug-likeness (QED) is 0.0875. The molecule has 0 atom stereocenters. The summed E-state index contributed by atoms with van der Waals surface area (Å²) in [5, 5.41) is 12.5. The number of rotatable bonds is 4. The fourth-order valence-corrected chi connectivity index (χ4v) is 10.1. The second-order valence-electron chi connectivity index (χ2n) is 17.9. The maximum atomic E-state index is 14.9. The lowest BCUT2D eigenvalue weighted by Crippen LogP contribution is -2.18. The van der Waals surface area contributed by atoms with Gasteiger partial charge in [0.05, 0.1) is 45.5 Å². The third kappa shape index (κ3) is 7.86. The first-order valence-corrected chi connectivity index (χ1v) is 23.6. The Balaban J connectivity index is 1.13. The smallest absolute Gasteiger partial charge is 0.272 e. The predicted octanol–water partition coefficient (Wildman–Crippen LogP) is 13.6. The van der Waals surface area contributed by atoms with Crippen molar-refractivity contribution in [3.63, 3.8) is 0 Å². The summed E-state index contributed by atoms with van der Waals surface area (Å²) in [6.07, 6.45) is 0. The van der Waals surface area contributed by atoms with Crippen LogP contribution in [-0.2, 0) is 0 Å². The van der Waals surface area contributed by atoms with Crippen molar-refractivity contribution in [2.24, 2.45) is 0 Å². The first-order valence-electron chi connectivity index (χ1n) is 23.6. The first kappa shape index (κ1) is 44.8. The lowest BCUT2D eigenvalue weighted by atomic mass is 9.97. The summed E-state index contributed by atoms with van der Waals surface area (Å²) < 4.78 is 0. The van der Waals surface area contributed by atoms with Gasteiger partial charge in [0.25, 0.3) is 23.6 Å². The molecule has 6 aromatic carbocycles. The van der Waals surface area contributed by atoms with Crippen LogP contribution in [0.4, 0.5) is 22.7 Å². The highest BCUT2D eigenvalue weighted by molar-refractivity contribution is 6.16. The lowest BCUT2D eigenvalue weighted by Gasteiger charge is -2.13. The second kappa shape index (κ2) is 18.3. The van der Waals surface area contributed by atoms with E-state index in [9.17, 15) is 19.2 Å². The van der Waals surface area contributed by atoms with E-state index in [1.807, 2.05) is 149 Å². The Morgan fingerprint density at radius 3 is 0.611 bits per heavy atom. The van der Waals surface area contributed by atoms with Crippen LogP contribution in [0.25, 0.3) is 67.3 Å². The van der Waals surface area contributed by atoms with Crippen LogP contribution in [0.15, 0.2) is 170 Å².